The standard InChI is InChI=1S/C26H29ClN6O2/c1-17-24(18-4-3-5-19(27)14-18)25(28)33-26(30-17)22(16-29-33)21-15-20(6-7-23(21)35-2)32-10-8-31(9-11-32)12-13-34/h3-7,14-16,34H,8-13,28H2,1-2H3. The summed E-state index contributed by atoms with van der Waals surface area (Å²) in [6, 6.07) is 13.8. The van der Waals surface area contributed by atoms with Gasteiger partial charge in [0.2, 0.25) is 0 Å². The Labute approximate surface area is 209 Å². The van der Waals surface area contributed by atoms with Crippen LogP contribution in [0.4, 0.5) is 11.5 Å². The Kier molecular flexibility index (Phi) is 6.51. The number of aliphatic hydroxyl groups is 1. The third-order valence-corrected chi connectivity index (χ3v) is 6.84. The number of piperazine rings is 1. The van der Waals surface area contributed by atoms with Crippen molar-refractivity contribution < 1.29 is 9.84 Å². The van der Waals surface area contributed by atoms with Crippen molar-refractivity contribution >= 4 is 28.8 Å². The van der Waals surface area contributed by atoms with Crippen molar-refractivity contribution in [1.29, 1.82) is 0 Å². The second kappa shape index (κ2) is 9.73. The average Bonchev–Trinajstić information content (AvgIpc) is 3.28. The van der Waals surface area contributed by atoms with Crippen LogP contribution >= 0.6 is 11.6 Å². The molecular formula is C26H29ClN6O2. The van der Waals surface area contributed by atoms with E-state index in [0.717, 1.165) is 65.6 Å². The van der Waals surface area contributed by atoms with E-state index in [2.05, 4.69) is 27.0 Å². The van der Waals surface area contributed by atoms with E-state index in [0.29, 0.717) is 23.0 Å². The molecule has 0 unspecified atom stereocenters. The van der Waals surface area contributed by atoms with E-state index in [-0.39, 0.29) is 6.61 Å². The van der Waals surface area contributed by atoms with Gasteiger partial charge in [-0.1, -0.05) is 23.7 Å². The van der Waals surface area contributed by atoms with Gasteiger partial charge in [-0.15, -0.1) is 0 Å². The van der Waals surface area contributed by atoms with Crippen molar-refractivity contribution in [3.05, 3.63) is 59.4 Å². The number of aromatic nitrogens is 3. The molecule has 0 aliphatic carbocycles. The number of benzene rings is 2. The van der Waals surface area contributed by atoms with E-state index in [1.54, 1.807) is 17.8 Å². The first-order chi connectivity index (χ1) is 17.0. The SMILES string of the molecule is COc1ccc(N2CCN(CCO)CC2)cc1-c1cnn2c(N)c(-c3cccc(Cl)c3)c(C)nc12. The van der Waals surface area contributed by atoms with Gasteiger partial charge in [0.25, 0.3) is 0 Å². The molecule has 1 fully saturated rings. The fourth-order valence-electron chi connectivity index (χ4n) is 4.80. The van der Waals surface area contributed by atoms with Crippen molar-refractivity contribution in [2.24, 2.45) is 0 Å². The summed E-state index contributed by atoms with van der Waals surface area (Å²) in [5, 5.41) is 14.5. The molecule has 5 rings (SSSR count). The molecule has 3 N–H and O–H groups in total. The number of methoxy groups -OCH3 is 1. The number of nitrogens with zero attached hydrogens (tertiary/aromatic N) is 5. The van der Waals surface area contributed by atoms with Gasteiger partial charge in [0.1, 0.15) is 11.6 Å². The number of nitrogens with two attached hydrogens (primary N) is 1. The Bertz CT molecular complexity index is 1360. The van der Waals surface area contributed by atoms with E-state index in [1.807, 2.05) is 37.3 Å². The first-order valence-corrected chi connectivity index (χ1v) is 12.0. The fourth-order valence-corrected chi connectivity index (χ4v) is 4.99. The first-order valence-electron chi connectivity index (χ1n) is 11.7. The zero-order chi connectivity index (χ0) is 24.5. The van der Waals surface area contributed by atoms with E-state index >= 15 is 0 Å². The molecule has 3 heterocycles. The molecule has 0 bridgehead atoms. The molecule has 0 atom stereocenters. The predicted molar refractivity (Wildman–Crippen MR) is 140 cm³/mol. The number of aryl methyl sites for hydroxylation is 1. The molecule has 1 aliphatic rings. The molecule has 182 valence electrons. The van der Waals surface area contributed by atoms with Gasteiger partial charge in [0.05, 0.1) is 31.2 Å². The van der Waals surface area contributed by atoms with Crippen LogP contribution in [0.2, 0.25) is 5.02 Å². The summed E-state index contributed by atoms with van der Waals surface area (Å²) in [5.41, 5.74) is 12.7. The van der Waals surface area contributed by atoms with Gasteiger partial charge in [-0.2, -0.15) is 9.61 Å². The monoisotopic (exact) mass is 492 g/mol. The van der Waals surface area contributed by atoms with Crippen LogP contribution in [0.5, 0.6) is 5.75 Å². The minimum absolute atomic E-state index is 0.190. The number of hydrogen-bond acceptors (Lipinski definition) is 7. The molecule has 0 amide bonds. The molecule has 2 aromatic heterocycles. The van der Waals surface area contributed by atoms with Crippen LogP contribution in [0.1, 0.15) is 5.69 Å². The predicted octanol–water partition coefficient (Wildman–Crippen LogP) is 3.73. The Morgan fingerprint density at radius 1 is 1.09 bits per heavy atom. The number of anilines is 2. The van der Waals surface area contributed by atoms with Gasteiger partial charge in [-0.25, -0.2) is 4.98 Å². The lowest BCUT2D eigenvalue weighted by atomic mass is 10.0. The van der Waals surface area contributed by atoms with Crippen LogP contribution in [0.25, 0.3) is 27.9 Å². The largest absolute Gasteiger partial charge is 0.496 e. The van der Waals surface area contributed by atoms with Crippen LogP contribution in [0.3, 0.4) is 0 Å². The van der Waals surface area contributed by atoms with Gasteiger partial charge < -0.3 is 20.5 Å². The number of rotatable bonds is 6. The normalized spacial score (nSPS) is 14.6. The molecular weight excluding hydrogens is 464 g/mol. The van der Waals surface area contributed by atoms with Gasteiger partial charge in [0.15, 0.2) is 5.65 Å². The smallest absolute Gasteiger partial charge is 0.165 e. The molecule has 0 saturated carbocycles. The lowest BCUT2D eigenvalue weighted by Gasteiger charge is -2.36. The maximum absolute atomic E-state index is 9.22. The lowest BCUT2D eigenvalue weighted by Crippen LogP contribution is -2.47. The minimum atomic E-state index is 0.190. The Balaban J connectivity index is 1.56. The Morgan fingerprint density at radius 3 is 2.60 bits per heavy atom. The first kappa shape index (κ1) is 23.4. The third-order valence-electron chi connectivity index (χ3n) is 6.60. The maximum atomic E-state index is 9.22. The van der Waals surface area contributed by atoms with Crippen LogP contribution < -0.4 is 15.4 Å². The minimum Gasteiger partial charge on any atom is -0.496 e. The molecule has 0 spiro atoms. The second-order valence-electron chi connectivity index (χ2n) is 8.70. The third kappa shape index (κ3) is 4.40. The summed E-state index contributed by atoms with van der Waals surface area (Å²) in [6.45, 7) is 6.48. The topological polar surface area (TPSA) is 92.1 Å². The molecule has 2 aromatic carbocycles. The molecule has 1 saturated heterocycles. The Hall–Kier alpha value is -3.33. The number of β-amino-alcohol motifs (C(OH)–C–C–N with tert-alkyl or cyclic N) is 1. The van der Waals surface area contributed by atoms with Crippen LogP contribution in [-0.4, -0.2) is 71.0 Å². The molecule has 35 heavy (non-hydrogen) atoms. The van der Waals surface area contributed by atoms with Crippen molar-refractivity contribution in [3.63, 3.8) is 0 Å². The quantitative estimate of drug-likeness (QED) is 0.423. The molecule has 4 aromatic rings. The highest BCUT2D eigenvalue weighted by atomic mass is 35.5. The van der Waals surface area contributed by atoms with Crippen LogP contribution in [0.15, 0.2) is 48.7 Å². The van der Waals surface area contributed by atoms with Gasteiger partial charge >= 0.3 is 0 Å². The summed E-state index contributed by atoms with van der Waals surface area (Å²) in [5.74, 6) is 1.26. The summed E-state index contributed by atoms with van der Waals surface area (Å²) >= 11 is 6.22. The highest BCUT2D eigenvalue weighted by Crippen LogP contribution is 2.38. The van der Waals surface area contributed by atoms with Crippen molar-refractivity contribution in [2.75, 3.05) is 57.1 Å². The van der Waals surface area contributed by atoms with E-state index in [4.69, 9.17) is 27.1 Å². The van der Waals surface area contributed by atoms with Crippen LogP contribution in [-0.2, 0) is 0 Å². The number of aliphatic hydroxyl groups excluding tert-OH is 1. The number of ether oxygens (including phenoxy) is 1. The van der Waals surface area contributed by atoms with E-state index in [9.17, 15) is 5.11 Å². The number of nitrogen functional groups attached to an aromatic ring is 1. The highest BCUT2D eigenvalue weighted by molar-refractivity contribution is 6.30. The molecule has 1 aliphatic heterocycles. The fraction of sp³-hybridized carbons (Fsp3) is 0.308. The van der Waals surface area contributed by atoms with Gasteiger partial charge in [-0.05, 0) is 42.8 Å². The molecule has 8 nitrogen and oxygen atoms in total. The summed E-state index contributed by atoms with van der Waals surface area (Å²) in [4.78, 5) is 9.54. The van der Waals surface area contributed by atoms with Crippen molar-refractivity contribution in [1.82, 2.24) is 19.5 Å². The Morgan fingerprint density at radius 2 is 1.89 bits per heavy atom. The second-order valence-corrected chi connectivity index (χ2v) is 9.13. The van der Waals surface area contributed by atoms with Gasteiger partial charge in [-0.3, -0.25) is 4.90 Å². The van der Waals surface area contributed by atoms with Gasteiger partial charge in [0, 0.05) is 54.6 Å². The molecule has 9 heteroatoms. The van der Waals surface area contributed by atoms with Crippen molar-refractivity contribution in [2.45, 2.75) is 6.92 Å². The summed E-state index contributed by atoms with van der Waals surface area (Å²) in [6.07, 6.45) is 1.79. The number of hydrogen-bond donors (Lipinski definition) is 2. The summed E-state index contributed by atoms with van der Waals surface area (Å²) < 4.78 is 7.39. The number of halogens is 1. The average molecular weight is 493 g/mol. The number of fused-ring (bicyclic) bond motifs is 1. The highest BCUT2D eigenvalue weighted by Gasteiger charge is 2.22. The zero-order valence-electron chi connectivity index (χ0n) is 19.9. The zero-order valence-corrected chi connectivity index (χ0v) is 20.7. The van der Waals surface area contributed by atoms with E-state index in [1.165, 1.54) is 0 Å². The lowest BCUT2D eigenvalue weighted by molar-refractivity contribution is 0.189. The van der Waals surface area contributed by atoms with E-state index < -0.39 is 0 Å². The van der Waals surface area contributed by atoms with Crippen molar-refractivity contribution in [3.8, 4) is 28.0 Å². The van der Waals surface area contributed by atoms with Crippen LogP contribution in [0, 0.1) is 6.92 Å². The molecule has 0 radical (unpaired) electrons. The maximum Gasteiger partial charge on any atom is 0.165 e. The summed E-state index contributed by atoms with van der Waals surface area (Å²) in [7, 11) is 1.67.